The molecule has 0 saturated heterocycles. The highest BCUT2D eigenvalue weighted by Crippen LogP contribution is 2.29. The van der Waals surface area contributed by atoms with Gasteiger partial charge in [0, 0.05) is 22.3 Å². The van der Waals surface area contributed by atoms with E-state index in [-0.39, 0.29) is 11.1 Å². The summed E-state index contributed by atoms with van der Waals surface area (Å²) in [6.07, 6.45) is 0. The Labute approximate surface area is 107 Å². The molecular weight excluding hydrogens is 286 g/mol. The molecule has 98 valence electrons. The Kier molecular flexibility index (Phi) is 3.92. The molecule has 0 N–H and O–H groups in total. The molecular formula is C9H8ClNO6S. The van der Waals surface area contributed by atoms with Gasteiger partial charge in [0.25, 0.3) is 14.7 Å². The molecule has 1 aromatic rings. The number of carbonyl (C=O) groups is 1. The monoisotopic (exact) mass is 293 g/mol. The zero-order chi connectivity index (χ0) is 14.1. The molecule has 0 aliphatic carbocycles. The fourth-order valence-electron chi connectivity index (χ4n) is 1.35. The predicted molar refractivity (Wildman–Crippen MR) is 62.2 cm³/mol. The summed E-state index contributed by atoms with van der Waals surface area (Å²) >= 11 is 0. The molecule has 0 unspecified atom stereocenters. The van der Waals surface area contributed by atoms with Gasteiger partial charge in [0.2, 0.25) is 0 Å². The Morgan fingerprint density at radius 3 is 2.39 bits per heavy atom. The van der Waals surface area contributed by atoms with Crippen LogP contribution in [0.15, 0.2) is 17.0 Å². The van der Waals surface area contributed by atoms with E-state index >= 15 is 0 Å². The number of carbonyl (C=O) groups excluding carboxylic acids is 1. The molecule has 0 atom stereocenters. The van der Waals surface area contributed by atoms with Crippen molar-refractivity contribution >= 4 is 31.4 Å². The maximum atomic E-state index is 11.3. The van der Waals surface area contributed by atoms with Gasteiger partial charge in [-0.05, 0) is 13.0 Å². The summed E-state index contributed by atoms with van der Waals surface area (Å²) in [5, 5.41) is 10.8. The van der Waals surface area contributed by atoms with Crippen molar-refractivity contribution in [1.82, 2.24) is 0 Å². The van der Waals surface area contributed by atoms with E-state index in [1.54, 1.807) is 0 Å². The first-order chi connectivity index (χ1) is 8.18. The number of ether oxygens (including phenoxy) is 1. The molecule has 0 amide bonds. The summed E-state index contributed by atoms with van der Waals surface area (Å²) in [5.41, 5.74) is -0.909. The van der Waals surface area contributed by atoms with E-state index in [0.717, 1.165) is 19.2 Å². The van der Waals surface area contributed by atoms with E-state index in [2.05, 4.69) is 4.74 Å². The first-order valence-corrected chi connectivity index (χ1v) is 6.81. The number of esters is 1. The molecule has 0 fully saturated rings. The van der Waals surface area contributed by atoms with Crippen LogP contribution in [0.25, 0.3) is 0 Å². The zero-order valence-corrected chi connectivity index (χ0v) is 10.9. The Morgan fingerprint density at radius 2 is 2.00 bits per heavy atom. The molecule has 7 nitrogen and oxygen atoms in total. The molecule has 0 aromatic heterocycles. The van der Waals surface area contributed by atoms with Gasteiger partial charge >= 0.3 is 5.97 Å². The fourth-order valence-corrected chi connectivity index (χ4v) is 2.57. The van der Waals surface area contributed by atoms with Gasteiger partial charge in [0.05, 0.1) is 22.5 Å². The summed E-state index contributed by atoms with van der Waals surface area (Å²) in [7, 11) is 2.04. The number of nitro groups is 1. The number of halogens is 1. The third kappa shape index (κ3) is 2.77. The van der Waals surface area contributed by atoms with Crippen LogP contribution in [0.2, 0.25) is 0 Å². The lowest BCUT2D eigenvalue weighted by Crippen LogP contribution is -2.07. The van der Waals surface area contributed by atoms with Crippen LogP contribution in [0, 0.1) is 17.0 Å². The second-order valence-electron chi connectivity index (χ2n) is 3.31. The molecule has 1 rings (SSSR count). The third-order valence-corrected chi connectivity index (χ3v) is 3.66. The molecule has 0 aliphatic rings. The van der Waals surface area contributed by atoms with E-state index < -0.39 is 30.5 Å². The van der Waals surface area contributed by atoms with E-state index in [0.29, 0.717) is 0 Å². The topological polar surface area (TPSA) is 104 Å². The van der Waals surface area contributed by atoms with Crippen LogP contribution in [-0.2, 0) is 13.8 Å². The maximum absolute atomic E-state index is 11.3. The number of hydrogen-bond acceptors (Lipinski definition) is 6. The lowest BCUT2D eigenvalue weighted by molar-refractivity contribution is -0.385. The van der Waals surface area contributed by atoms with Crippen LogP contribution < -0.4 is 0 Å². The molecule has 0 heterocycles. The molecule has 0 radical (unpaired) electrons. The summed E-state index contributed by atoms with van der Waals surface area (Å²) in [5.74, 6) is -0.889. The van der Waals surface area contributed by atoms with E-state index in [4.69, 9.17) is 10.7 Å². The molecule has 1 aromatic carbocycles. The van der Waals surface area contributed by atoms with Crippen molar-refractivity contribution in [2.24, 2.45) is 0 Å². The Morgan fingerprint density at radius 1 is 1.44 bits per heavy atom. The Bertz CT molecular complexity index is 624. The van der Waals surface area contributed by atoms with Crippen molar-refractivity contribution in [2.45, 2.75) is 11.8 Å². The van der Waals surface area contributed by atoms with Gasteiger partial charge in [0.1, 0.15) is 0 Å². The number of nitrogens with zero attached hydrogens (tertiary/aromatic N) is 1. The van der Waals surface area contributed by atoms with Crippen molar-refractivity contribution in [3.8, 4) is 0 Å². The molecule has 0 bridgehead atoms. The number of nitro benzene ring substituents is 1. The quantitative estimate of drug-likeness (QED) is 0.363. The first kappa shape index (κ1) is 14.4. The molecule has 0 aliphatic heterocycles. The highest BCUT2D eigenvalue weighted by atomic mass is 35.7. The number of benzene rings is 1. The lowest BCUT2D eigenvalue weighted by atomic mass is 10.1. The lowest BCUT2D eigenvalue weighted by Gasteiger charge is -2.06. The first-order valence-electron chi connectivity index (χ1n) is 4.50. The van der Waals surface area contributed by atoms with Gasteiger partial charge in [-0.3, -0.25) is 10.1 Å². The van der Waals surface area contributed by atoms with Crippen LogP contribution in [0.1, 0.15) is 15.9 Å². The van der Waals surface area contributed by atoms with Gasteiger partial charge in [-0.2, -0.15) is 0 Å². The van der Waals surface area contributed by atoms with Crippen LogP contribution >= 0.6 is 10.7 Å². The van der Waals surface area contributed by atoms with Crippen LogP contribution in [0.4, 0.5) is 5.69 Å². The summed E-state index contributed by atoms with van der Waals surface area (Å²) in [6.45, 7) is 1.23. The second kappa shape index (κ2) is 4.91. The summed E-state index contributed by atoms with van der Waals surface area (Å²) in [6, 6.07) is 1.88. The standard InChI is InChI=1S/C9H8ClNO6S/c1-5-7(11(13)14)3-6(9(12)17-2)4-8(5)18(10,15)16/h3-4H,1-2H3. The largest absolute Gasteiger partial charge is 0.465 e. The third-order valence-electron chi connectivity index (χ3n) is 2.21. The van der Waals surface area contributed by atoms with Crippen LogP contribution in [-0.4, -0.2) is 26.4 Å². The van der Waals surface area contributed by atoms with Crippen LogP contribution in [0.5, 0.6) is 0 Å². The van der Waals surface area contributed by atoms with Gasteiger partial charge in [-0.15, -0.1) is 0 Å². The highest BCUT2D eigenvalue weighted by Gasteiger charge is 2.25. The number of hydrogen-bond donors (Lipinski definition) is 0. The fraction of sp³-hybridized carbons (Fsp3) is 0.222. The predicted octanol–water partition coefficient (Wildman–Crippen LogP) is 1.62. The van der Waals surface area contributed by atoms with E-state index in [1.165, 1.54) is 6.92 Å². The normalized spacial score (nSPS) is 11.1. The minimum absolute atomic E-state index is 0.136. The minimum atomic E-state index is -4.19. The van der Waals surface area contributed by atoms with Crippen molar-refractivity contribution in [1.29, 1.82) is 0 Å². The average Bonchev–Trinajstić information content (AvgIpc) is 2.26. The second-order valence-corrected chi connectivity index (χ2v) is 5.84. The van der Waals surface area contributed by atoms with E-state index in [9.17, 15) is 23.3 Å². The SMILES string of the molecule is COC(=O)c1cc([N+](=O)[O-])c(C)c(S(=O)(=O)Cl)c1. The molecule has 0 spiro atoms. The van der Waals surface area contributed by atoms with Crippen molar-refractivity contribution in [2.75, 3.05) is 7.11 Å². The van der Waals surface area contributed by atoms with Crippen LogP contribution in [0.3, 0.4) is 0 Å². The number of rotatable bonds is 3. The van der Waals surface area contributed by atoms with Crippen molar-refractivity contribution in [3.05, 3.63) is 33.4 Å². The smallest absolute Gasteiger partial charge is 0.338 e. The minimum Gasteiger partial charge on any atom is -0.465 e. The Hall–Kier alpha value is -1.67. The molecule has 0 saturated carbocycles. The average molecular weight is 294 g/mol. The highest BCUT2D eigenvalue weighted by molar-refractivity contribution is 8.13. The zero-order valence-electron chi connectivity index (χ0n) is 9.34. The number of methoxy groups -OCH3 is 1. The van der Waals surface area contributed by atoms with Crippen molar-refractivity contribution in [3.63, 3.8) is 0 Å². The van der Waals surface area contributed by atoms with Gasteiger partial charge in [0.15, 0.2) is 0 Å². The molecule has 9 heteroatoms. The van der Waals surface area contributed by atoms with Gasteiger partial charge < -0.3 is 4.74 Å². The summed E-state index contributed by atoms with van der Waals surface area (Å²) < 4.78 is 26.9. The van der Waals surface area contributed by atoms with E-state index in [1.807, 2.05) is 0 Å². The maximum Gasteiger partial charge on any atom is 0.338 e. The van der Waals surface area contributed by atoms with Crippen molar-refractivity contribution < 1.29 is 22.9 Å². The Balaban J connectivity index is 3.68. The van der Waals surface area contributed by atoms with Gasteiger partial charge in [-0.25, -0.2) is 13.2 Å². The summed E-state index contributed by atoms with van der Waals surface area (Å²) in [4.78, 5) is 20.8. The molecule has 18 heavy (non-hydrogen) atoms. The van der Waals surface area contributed by atoms with Gasteiger partial charge in [-0.1, -0.05) is 0 Å².